The van der Waals surface area contributed by atoms with Gasteiger partial charge in [0.05, 0.1) is 31.7 Å². The number of hydrogen-bond acceptors (Lipinski definition) is 7. The first kappa shape index (κ1) is 21.4. The molecule has 8 heteroatoms. The molecular weight excluding hydrogens is 368 g/mol. The van der Waals surface area contributed by atoms with Gasteiger partial charge in [0, 0.05) is 6.54 Å². The minimum absolute atomic E-state index is 0.136. The van der Waals surface area contributed by atoms with Crippen LogP contribution in [0.5, 0.6) is 0 Å². The summed E-state index contributed by atoms with van der Waals surface area (Å²) < 4.78 is 9.91. The molecule has 1 aliphatic rings. The van der Waals surface area contributed by atoms with Crippen molar-refractivity contribution in [3.63, 3.8) is 0 Å². The van der Waals surface area contributed by atoms with E-state index < -0.39 is 0 Å². The van der Waals surface area contributed by atoms with Crippen LogP contribution in [0, 0.1) is 5.92 Å². The van der Waals surface area contributed by atoms with Gasteiger partial charge < -0.3 is 14.8 Å². The third-order valence-corrected chi connectivity index (χ3v) is 5.43. The Morgan fingerprint density at radius 2 is 2.04 bits per heavy atom. The van der Waals surface area contributed by atoms with Gasteiger partial charge in [0.15, 0.2) is 0 Å². The van der Waals surface area contributed by atoms with Crippen molar-refractivity contribution < 1.29 is 23.9 Å². The Bertz CT molecular complexity index is 684. The van der Waals surface area contributed by atoms with Crippen LogP contribution in [0.4, 0.5) is 5.00 Å². The molecule has 7 nitrogen and oxygen atoms in total. The van der Waals surface area contributed by atoms with Crippen molar-refractivity contribution in [2.75, 3.05) is 38.7 Å². The molecule has 1 unspecified atom stereocenters. The van der Waals surface area contributed by atoms with Crippen LogP contribution in [0.25, 0.3) is 0 Å². The Labute approximate surface area is 164 Å². The van der Waals surface area contributed by atoms with E-state index in [-0.39, 0.29) is 30.3 Å². The number of carbonyl (C=O) groups excluding carboxylic acids is 3. The van der Waals surface area contributed by atoms with Crippen molar-refractivity contribution in [3.05, 3.63) is 16.5 Å². The highest BCUT2D eigenvalue weighted by Crippen LogP contribution is 2.46. The molecule has 1 saturated carbocycles. The minimum Gasteiger partial charge on any atom is -0.469 e. The number of nitrogens with zero attached hydrogens (tertiary/aromatic N) is 1. The van der Waals surface area contributed by atoms with Crippen LogP contribution in [0.15, 0.2) is 5.38 Å². The normalized spacial score (nSPS) is 14.7. The van der Waals surface area contributed by atoms with Crippen molar-refractivity contribution in [2.24, 2.45) is 5.92 Å². The van der Waals surface area contributed by atoms with E-state index in [2.05, 4.69) is 5.32 Å². The Morgan fingerprint density at radius 1 is 1.33 bits per heavy atom. The lowest BCUT2D eigenvalue weighted by atomic mass is 10.1. The van der Waals surface area contributed by atoms with Gasteiger partial charge in [0.2, 0.25) is 5.91 Å². The molecule has 1 atom stereocenters. The molecule has 1 fully saturated rings. The molecule has 27 heavy (non-hydrogen) atoms. The Kier molecular flexibility index (Phi) is 7.79. The van der Waals surface area contributed by atoms with Crippen LogP contribution in [-0.4, -0.2) is 56.1 Å². The maximum Gasteiger partial charge on any atom is 0.341 e. The third kappa shape index (κ3) is 5.77. The second-order valence-corrected chi connectivity index (χ2v) is 7.57. The van der Waals surface area contributed by atoms with E-state index in [0.717, 1.165) is 18.4 Å². The highest BCUT2D eigenvalue weighted by molar-refractivity contribution is 7.15. The minimum atomic E-state index is -0.386. The molecule has 1 amide bonds. The van der Waals surface area contributed by atoms with Crippen molar-refractivity contribution in [2.45, 2.75) is 39.5 Å². The summed E-state index contributed by atoms with van der Waals surface area (Å²) in [6.07, 6.45) is 2.12. The van der Waals surface area contributed by atoms with E-state index in [1.54, 1.807) is 13.8 Å². The van der Waals surface area contributed by atoms with Gasteiger partial charge in [-0.05, 0) is 43.2 Å². The quantitative estimate of drug-likeness (QED) is 0.612. The summed E-state index contributed by atoms with van der Waals surface area (Å²) in [5.74, 6) is -0.836. The summed E-state index contributed by atoms with van der Waals surface area (Å²) in [7, 11) is 1.35. The number of amides is 1. The van der Waals surface area contributed by atoms with Gasteiger partial charge in [0.1, 0.15) is 5.00 Å². The van der Waals surface area contributed by atoms with Crippen LogP contribution < -0.4 is 5.32 Å². The maximum absolute atomic E-state index is 12.5. The van der Waals surface area contributed by atoms with Crippen LogP contribution >= 0.6 is 11.3 Å². The average molecular weight is 397 g/mol. The fourth-order valence-corrected chi connectivity index (χ4v) is 3.96. The zero-order valence-electron chi connectivity index (χ0n) is 16.4. The molecule has 0 aliphatic heterocycles. The molecule has 1 aliphatic carbocycles. The van der Waals surface area contributed by atoms with Crippen LogP contribution in [0.3, 0.4) is 0 Å². The highest BCUT2D eigenvalue weighted by Gasteiger charge is 2.32. The molecule has 2 rings (SSSR count). The topological polar surface area (TPSA) is 84.9 Å². The molecule has 0 spiro atoms. The lowest BCUT2D eigenvalue weighted by molar-refractivity contribution is -0.145. The first-order valence-electron chi connectivity index (χ1n) is 9.29. The van der Waals surface area contributed by atoms with Gasteiger partial charge >= 0.3 is 11.9 Å². The second kappa shape index (κ2) is 9.85. The van der Waals surface area contributed by atoms with E-state index >= 15 is 0 Å². The number of likely N-dealkylation sites (N-methyl/N-ethyl adjacent to an activating group) is 1. The van der Waals surface area contributed by atoms with Crippen LogP contribution in [0.1, 0.15) is 55.5 Å². The molecule has 0 aromatic carbocycles. The van der Waals surface area contributed by atoms with Crippen molar-refractivity contribution in [1.82, 2.24) is 4.90 Å². The fourth-order valence-electron chi connectivity index (χ4n) is 2.91. The number of carbonyl (C=O) groups is 3. The second-order valence-electron chi connectivity index (χ2n) is 6.69. The number of hydrogen-bond donors (Lipinski definition) is 1. The number of anilines is 1. The number of ether oxygens (including phenoxy) is 2. The lowest BCUT2D eigenvalue weighted by Gasteiger charge is -2.22. The monoisotopic (exact) mass is 396 g/mol. The van der Waals surface area contributed by atoms with E-state index in [4.69, 9.17) is 9.47 Å². The molecular formula is C19H28N2O5S. The number of rotatable bonds is 10. The lowest BCUT2D eigenvalue weighted by Crippen LogP contribution is -2.38. The standard InChI is InChI=1S/C19H28N2O5S/c1-5-21(9-12(3)18(23)25-4)10-15(22)20-17-16(19(24)26-6-2)14(11-27-17)13-7-8-13/h11-13H,5-10H2,1-4H3,(H,20,22). The van der Waals surface area contributed by atoms with Crippen molar-refractivity contribution >= 4 is 34.2 Å². The molecule has 0 saturated heterocycles. The van der Waals surface area contributed by atoms with E-state index in [9.17, 15) is 14.4 Å². The highest BCUT2D eigenvalue weighted by atomic mass is 32.1. The van der Waals surface area contributed by atoms with Gasteiger partial charge in [-0.25, -0.2) is 4.79 Å². The number of nitrogens with one attached hydrogen (secondary N) is 1. The summed E-state index contributed by atoms with van der Waals surface area (Å²) in [6, 6.07) is 0. The zero-order valence-corrected chi connectivity index (χ0v) is 17.2. The predicted octanol–water partition coefficient (Wildman–Crippen LogP) is 2.87. The molecule has 150 valence electrons. The SMILES string of the molecule is CCOC(=O)c1c(C2CC2)csc1NC(=O)CN(CC)CC(C)C(=O)OC. The summed E-state index contributed by atoms with van der Waals surface area (Å²) in [4.78, 5) is 38.3. The first-order valence-corrected chi connectivity index (χ1v) is 10.2. The van der Waals surface area contributed by atoms with Gasteiger partial charge in [-0.1, -0.05) is 13.8 Å². The maximum atomic E-state index is 12.5. The van der Waals surface area contributed by atoms with E-state index in [0.29, 0.717) is 36.2 Å². The average Bonchev–Trinajstić information content (AvgIpc) is 3.41. The summed E-state index contributed by atoms with van der Waals surface area (Å²) in [5, 5.41) is 5.34. The van der Waals surface area contributed by atoms with Gasteiger partial charge in [-0.2, -0.15) is 0 Å². The Hall–Kier alpha value is -1.93. The van der Waals surface area contributed by atoms with E-state index in [1.807, 2.05) is 17.2 Å². The smallest absolute Gasteiger partial charge is 0.341 e. The summed E-state index contributed by atoms with van der Waals surface area (Å²) in [6.45, 7) is 6.94. The molecule has 1 N–H and O–H groups in total. The van der Waals surface area contributed by atoms with Crippen molar-refractivity contribution in [1.29, 1.82) is 0 Å². The molecule has 1 aromatic heterocycles. The number of thiophene rings is 1. The number of methoxy groups -OCH3 is 1. The molecule has 0 radical (unpaired) electrons. The predicted molar refractivity (Wildman–Crippen MR) is 104 cm³/mol. The largest absolute Gasteiger partial charge is 0.469 e. The summed E-state index contributed by atoms with van der Waals surface area (Å²) >= 11 is 1.36. The molecule has 1 aromatic rings. The van der Waals surface area contributed by atoms with Gasteiger partial charge in [-0.15, -0.1) is 11.3 Å². The Morgan fingerprint density at radius 3 is 2.59 bits per heavy atom. The Balaban J connectivity index is 2.04. The first-order chi connectivity index (χ1) is 12.9. The van der Waals surface area contributed by atoms with Crippen molar-refractivity contribution in [3.8, 4) is 0 Å². The third-order valence-electron chi connectivity index (χ3n) is 4.52. The van der Waals surface area contributed by atoms with Gasteiger partial charge in [0.25, 0.3) is 0 Å². The fraction of sp³-hybridized carbons (Fsp3) is 0.632. The molecule has 1 heterocycles. The van der Waals surface area contributed by atoms with E-state index in [1.165, 1.54) is 18.4 Å². The van der Waals surface area contributed by atoms with Crippen LogP contribution in [0.2, 0.25) is 0 Å². The number of esters is 2. The zero-order chi connectivity index (χ0) is 20.0. The van der Waals surface area contributed by atoms with Crippen LogP contribution in [-0.2, 0) is 19.1 Å². The molecule has 0 bridgehead atoms. The summed E-state index contributed by atoms with van der Waals surface area (Å²) in [5.41, 5.74) is 1.46. The van der Waals surface area contributed by atoms with Gasteiger partial charge in [-0.3, -0.25) is 14.5 Å².